The molecule has 0 aromatic heterocycles. The van der Waals surface area contributed by atoms with Crippen LogP contribution in [-0.2, 0) is 0 Å². The summed E-state index contributed by atoms with van der Waals surface area (Å²) in [5.74, 6) is 0. The Balaban J connectivity index is 1.79. The number of nitrogens with zero attached hydrogens (tertiary/aromatic N) is 2. The maximum atomic E-state index is 6.02. The Labute approximate surface area is 150 Å². The van der Waals surface area contributed by atoms with E-state index in [9.17, 15) is 0 Å². The summed E-state index contributed by atoms with van der Waals surface area (Å²) in [6.45, 7) is 3.01. The average molecular weight is 362 g/mol. The van der Waals surface area contributed by atoms with Gasteiger partial charge < -0.3 is 5.32 Å². The molecule has 0 bridgehead atoms. The van der Waals surface area contributed by atoms with Gasteiger partial charge in [0, 0.05) is 22.5 Å². The van der Waals surface area contributed by atoms with Gasteiger partial charge in [-0.3, -0.25) is 4.90 Å². The van der Waals surface area contributed by atoms with Crippen LogP contribution in [-0.4, -0.2) is 27.0 Å². The van der Waals surface area contributed by atoms with Gasteiger partial charge in [0.2, 0.25) is 0 Å². The van der Waals surface area contributed by atoms with E-state index in [1.54, 1.807) is 11.8 Å². The minimum Gasteiger partial charge on any atom is -0.332 e. The largest absolute Gasteiger partial charge is 0.332 e. The number of rotatable bonds is 2. The third kappa shape index (κ3) is 4.25. The Morgan fingerprint density at radius 1 is 1.26 bits per heavy atom. The molecule has 118 valence electrons. The molecular weight excluding hydrogens is 346 g/mol. The summed E-state index contributed by atoms with van der Waals surface area (Å²) >= 11 is 13.3. The van der Waals surface area contributed by atoms with Crippen LogP contribution in [0.25, 0.3) is 0 Å². The number of hydrogen-bond acceptors (Lipinski definition) is 3. The van der Waals surface area contributed by atoms with Crippen molar-refractivity contribution in [1.82, 2.24) is 4.90 Å². The van der Waals surface area contributed by atoms with Crippen molar-refractivity contribution < 1.29 is 0 Å². The summed E-state index contributed by atoms with van der Waals surface area (Å²) < 4.78 is 0. The van der Waals surface area contributed by atoms with E-state index < -0.39 is 0 Å². The minimum absolute atomic E-state index is 0.441. The maximum Gasteiger partial charge on any atom is 0.179 e. The van der Waals surface area contributed by atoms with Gasteiger partial charge in [-0.25, -0.2) is 4.99 Å². The molecule has 2 aromatic rings. The van der Waals surface area contributed by atoms with Crippen molar-refractivity contribution in [3.8, 4) is 0 Å². The number of amidine groups is 1. The topological polar surface area (TPSA) is 27.6 Å². The van der Waals surface area contributed by atoms with Crippen molar-refractivity contribution in [2.45, 2.75) is 12.2 Å². The lowest BCUT2D eigenvalue weighted by molar-refractivity contribution is 0.641. The molecule has 3 nitrogen and oxygen atoms in total. The molecular formula is C17H16ClN3S2. The Morgan fingerprint density at radius 2 is 2.04 bits per heavy atom. The first-order valence-electron chi connectivity index (χ1n) is 7.26. The summed E-state index contributed by atoms with van der Waals surface area (Å²) in [5.41, 5.74) is 1.81. The number of halogens is 1. The van der Waals surface area contributed by atoms with Gasteiger partial charge in [-0.1, -0.05) is 54.6 Å². The van der Waals surface area contributed by atoms with Crippen molar-refractivity contribution in [2.24, 2.45) is 4.99 Å². The van der Waals surface area contributed by atoms with Crippen molar-refractivity contribution in [3.05, 3.63) is 59.6 Å². The van der Waals surface area contributed by atoms with Crippen LogP contribution in [0.4, 0.5) is 11.4 Å². The lowest BCUT2D eigenvalue weighted by Gasteiger charge is -2.20. The Hall–Kier alpha value is -1.56. The second-order valence-electron chi connectivity index (χ2n) is 5.21. The Morgan fingerprint density at radius 3 is 2.78 bits per heavy atom. The van der Waals surface area contributed by atoms with Crippen molar-refractivity contribution in [1.29, 1.82) is 0 Å². The molecule has 23 heavy (non-hydrogen) atoms. The number of benzene rings is 2. The molecule has 1 aliphatic heterocycles. The molecule has 0 spiro atoms. The number of anilines is 1. The molecule has 0 aliphatic carbocycles. The molecule has 1 aliphatic rings. The third-order valence-electron chi connectivity index (χ3n) is 3.28. The zero-order valence-electron chi connectivity index (χ0n) is 12.6. The summed E-state index contributed by atoms with van der Waals surface area (Å²) in [6.07, 6.45) is 0. The van der Waals surface area contributed by atoms with E-state index in [2.05, 4.69) is 12.2 Å². The minimum atomic E-state index is 0.441. The van der Waals surface area contributed by atoms with Gasteiger partial charge in [0.25, 0.3) is 0 Å². The second-order valence-corrected chi connectivity index (χ2v) is 7.44. The van der Waals surface area contributed by atoms with E-state index in [0.29, 0.717) is 15.4 Å². The summed E-state index contributed by atoms with van der Waals surface area (Å²) in [6, 6.07) is 17.5. The molecule has 1 atom stereocenters. The normalized spacial score (nSPS) is 19.1. The highest BCUT2D eigenvalue weighted by atomic mass is 35.5. The summed E-state index contributed by atoms with van der Waals surface area (Å²) in [7, 11) is 0. The predicted octanol–water partition coefficient (Wildman–Crippen LogP) is 5.16. The SMILES string of the molecule is CC1CN(C(=S)Nc2cccc(Cl)c2)/C(=N\c2ccccc2)S1. The molecule has 1 N–H and O–H groups in total. The van der Waals surface area contributed by atoms with Gasteiger partial charge in [0.05, 0.1) is 5.69 Å². The number of thioether (sulfide) groups is 1. The highest BCUT2D eigenvalue weighted by Gasteiger charge is 2.28. The van der Waals surface area contributed by atoms with E-state index in [-0.39, 0.29) is 0 Å². The fraction of sp³-hybridized carbons (Fsp3) is 0.176. The van der Waals surface area contributed by atoms with Crippen LogP contribution in [0.2, 0.25) is 5.02 Å². The molecule has 1 saturated heterocycles. The fourth-order valence-electron chi connectivity index (χ4n) is 2.24. The van der Waals surface area contributed by atoms with Gasteiger partial charge in [-0.05, 0) is 42.5 Å². The van der Waals surface area contributed by atoms with Crippen molar-refractivity contribution in [2.75, 3.05) is 11.9 Å². The molecule has 3 rings (SSSR count). The van der Waals surface area contributed by atoms with Crippen LogP contribution in [0, 0.1) is 0 Å². The molecule has 1 unspecified atom stereocenters. The second kappa shape index (κ2) is 7.34. The number of hydrogen-bond donors (Lipinski definition) is 1. The predicted molar refractivity (Wildman–Crippen MR) is 105 cm³/mol. The Kier molecular flexibility index (Phi) is 5.20. The van der Waals surface area contributed by atoms with Crippen LogP contribution >= 0.6 is 35.6 Å². The summed E-state index contributed by atoms with van der Waals surface area (Å²) in [5, 5.41) is 5.92. The lowest BCUT2D eigenvalue weighted by atomic mass is 10.3. The zero-order chi connectivity index (χ0) is 16.2. The monoisotopic (exact) mass is 361 g/mol. The first-order valence-corrected chi connectivity index (χ1v) is 8.93. The first-order chi connectivity index (χ1) is 11.1. The quantitative estimate of drug-likeness (QED) is 0.747. The maximum absolute atomic E-state index is 6.02. The van der Waals surface area contributed by atoms with E-state index in [4.69, 9.17) is 28.8 Å². The highest BCUT2D eigenvalue weighted by molar-refractivity contribution is 8.14. The van der Waals surface area contributed by atoms with Crippen molar-refractivity contribution >= 4 is 57.2 Å². The van der Waals surface area contributed by atoms with Crippen molar-refractivity contribution in [3.63, 3.8) is 0 Å². The van der Waals surface area contributed by atoms with Gasteiger partial charge in [0.1, 0.15) is 0 Å². The molecule has 1 fully saturated rings. The molecule has 2 aromatic carbocycles. The molecule has 0 amide bonds. The number of thiocarbonyl (C=S) groups is 1. The first kappa shape index (κ1) is 16.3. The van der Waals surface area contributed by atoms with Gasteiger partial charge in [-0.15, -0.1) is 0 Å². The van der Waals surface area contributed by atoms with Crippen LogP contribution in [0.15, 0.2) is 59.6 Å². The zero-order valence-corrected chi connectivity index (χ0v) is 15.0. The molecule has 0 saturated carbocycles. The molecule has 6 heteroatoms. The standard InChI is InChI=1S/C17H16ClN3S2/c1-12-11-21(16(22)19-15-9-5-6-13(18)10-15)17(23-12)20-14-7-3-2-4-8-14/h2-10,12H,11H2,1H3,(H,19,22)/b20-17+. The Bertz CT molecular complexity index is 734. The van der Waals surface area contributed by atoms with Crippen LogP contribution < -0.4 is 5.32 Å². The van der Waals surface area contributed by atoms with Crippen LogP contribution in [0.1, 0.15) is 6.92 Å². The van der Waals surface area contributed by atoms with Crippen LogP contribution in [0.5, 0.6) is 0 Å². The number of para-hydroxylation sites is 1. The lowest BCUT2D eigenvalue weighted by Crippen LogP contribution is -2.36. The van der Waals surface area contributed by atoms with Crippen LogP contribution in [0.3, 0.4) is 0 Å². The average Bonchev–Trinajstić information content (AvgIpc) is 2.89. The van der Waals surface area contributed by atoms with Gasteiger partial charge >= 0.3 is 0 Å². The summed E-state index contributed by atoms with van der Waals surface area (Å²) in [4.78, 5) is 6.76. The smallest absolute Gasteiger partial charge is 0.179 e. The molecule has 1 heterocycles. The van der Waals surface area contributed by atoms with E-state index in [1.807, 2.05) is 59.5 Å². The van der Waals surface area contributed by atoms with E-state index >= 15 is 0 Å². The number of nitrogens with one attached hydrogen (secondary N) is 1. The molecule has 0 radical (unpaired) electrons. The van der Waals surface area contributed by atoms with Gasteiger partial charge in [0.15, 0.2) is 10.3 Å². The highest BCUT2D eigenvalue weighted by Crippen LogP contribution is 2.29. The van der Waals surface area contributed by atoms with E-state index in [0.717, 1.165) is 23.1 Å². The van der Waals surface area contributed by atoms with E-state index in [1.165, 1.54) is 0 Å². The third-order valence-corrected chi connectivity index (χ3v) is 4.91. The fourth-order valence-corrected chi connectivity index (χ4v) is 3.80. The number of aliphatic imine (C=N–C) groups is 1. The van der Waals surface area contributed by atoms with Gasteiger partial charge in [-0.2, -0.15) is 0 Å².